The van der Waals surface area contributed by atoms with Crippen LogP contribution in [0.1, 0.15) is 15.9 Å². The number of nitrogens with zero attached hydrogens (tertiary/aromatic N) is 1. The number of methoxy groups -OCH3 is 1. The smallest absolute Gasteiger partial charge is 0.261 e. The van der Waals surface area contributed by atoms with Crippen molar-refractivity contribution in [3.8, 4) is 11.5 Å². The summed E-state index contributed by atoms with van der Waals surface area (Å²) in [6, 6.07) is 23.0. The molecular formula is C26H23N3O5S. The highest BCUT2D eigenvalue weighted by Gasteiger charge is 2.15. The molecule has 4 rings (SSSR count). The molecule has 0 fully saturated rings. The molecule has 0 aliphatic heterocycles. The van der Waals surface area contributed by atoms with Crippen LogP contribution in [0.25, 0.3) is 0 Å². The van der Waals surface area contributed by atoms with E-state index >= 15 is 0 Å². The van der Waals surface area contributed by atoms with Crippen LogP contribution in [0.5, 0.6) is 11.5 Å². The quantitative estimate of drug-likeness (QED) is 0.352. The molecule has 0 aliphatic carbocycles. The number of carbonyl (C=O) groups excluding carboxylic acids is 1. The van der Waals surface area contributed by atoms with Gasteiger partial charge in [0.15, 0.2) is 11.5 Å². The zero-order valence-electron chi connectivity index (χ0n) is 18.8. The van der Waals surface area contributed by atoms with Gasteiger partial charge in [0.2, 0.25) is 0 Å². The lowest BCUT2D eigenvalue weighted by Crippen LogP contribution is -2.15. The molecule has 1 aromatic heterocycles. The number of benzene rings is 3. The van der Waals surface area contributed by atoms with Crippen molar-refractivity contribution in [3.05, 3.63) is 108 Å². The van der Waals surface area contributed by atoms with Crippen molar-refractivity contribution in [1.29, 1.82) is 0 Å². The van der Waals surface area contributed by atoms with Crippen molar-refractivity contribution in [1.82, 2.24) is 4.98 Å². The fraction of sp³-hybridized carbons (Fsp3) is 0.0769. The molecule has 8 nitrogen and oxygen atoms in total. The first kappa shape index (κ1) is 23.8. The standard InChI is InChI=1S/C26H23N3O5S/c1-33-24-11-10-21(17-25(24)34-18-19-12-14-27-15-13-19)28-26(30)20-6-5-7-22(16-20)29-35(31,32)23-8-3-2-4-9-23/h2-17,29H,18H2,1H3,(H,28,30). The summed E-state index contributed by atoms with van der Waals surface area (Å²) in [6.07, 6.45) is 3.36. The summed E-state index contributed by atoms with van der Waals surface area (Å²) in [5.74, 6) is 0.580. The number of carbonyl (C=O) groups is 1. The van der Waals surface area contributed by atoms with Gasteiger partial charge < -0.3 is 14.8 Å². The maximum atomic E-state index is 12.9. The summed E-state index contributed by atoms with van der Waals surface area (Å²) in [5, 5.41) is 2.81. The monoisotopic (exact) mass is 489 g/mol. The first-order valence-electron chi connectivity index (χ1n) is 10.6. The average Bonchev–Trinajstić information content (AvgIpc) is 2.88. The number of rotatable bonds is 9. The molecule has 35 heavy (non-hydrogen) atoms. The minimum Gasteiger partial charge on any atom is -0.493 e. The Hall–Kier alpha value is -4.37. The Morgan fingerprint density at radius 2 is 1.63 bits per heavy atom. The zero-order chi connectivity index (χ0) is 24.7. The summed E-state index contributed by atoms with van der Waals surface area (Å²) < 4.78 is 38.9. The Balaban J connectivity index is 1.48. The number of amides is 1. The number of hydrogen-bond donors (Lipinski definition) is 2. The molecule has 0 atom stereocenters. The maximum Gasteiger partial charge on any atom is 0.261 e. The molecule has 0 saturated heterocycles. The predicted octanol–water partition coefficient (Wildman–Crippen LogP) is 4.72. The topological polar surface area (TPSA) is 107 Å². The molecule has 1 heterocycles. The molecule has 9 heteroatoms. The molecule has 3 aromatic carbocycles. The van der Waals surface area contributed by atoms with Gasteiger partial charge in [0.25, 0.3) is 15.9 Å². The van der Waals surface area contributed by atoms with Crippen LogP contribution in [0.2, 0.25) is 0 Å². The van der Waals surface area contributed by atoms with Crippen molar-refractivity contribution in [2.45, 2.75) is 11.5 Å². The second kappa shape index (κ2) is 10.7. The van der Waals surface area contributed by atoms with Gasteiger partial charge in [-0.3, -0.25) is 14.5 Å². The molecule has 0 unspecified atom stereocenters. The van der Waals surface area contributed by atoms with Crippen molar-refractivity contribution in [3.63, 3.8) is 0 Å². The molecule has 2 N–H and O–H groups in total. The third-order valence-electron chi connectivity index (χ3n) is 5.00. The largest absolute Gasteiger partial charge is 0.493 e. The van der Waals surface area contributed by atoms with Crippen molar-refractivity contribution >= 4 is 27.3 Å². The fourth-order valence-corrected chi connectivity index (χ4v) is 4.32. The lowest BCUT2D eigenvalue weighted by atomic mass is 10.2. The third kappa shape index (κ3) is 6.15. The third-order valence-corrected chi connectivity index (χ3v) is 6.39. The van der Waals surface area contributed by atoms with E-state index < -0.39 is 15.9 Å². The molecule has 1 amide bonds. The summed E-state index contributed by atoms with van der Waals surface area (Å²) in [6.45, 7) is 0.305. The van der Waals surface area contributed by atoms with Gasteiger partial charge in [-0.25, -0.2) is 8.42 Å². The first-order valence-corrected chi connectivity index (χ1v) is 12.1. The molecule has 0 spiro atoms. The second-order valence-electron chi connectivity index (χ2n) is 7.46. The Morgan fingerprint density at radius 3 is 2.37 bits per heavy atom. The summed E-state index contributed by atoms with van der Waals surface area (Å²) >= 11 is 0. The van der Waals surface area contributed by atoms with Crippen LogP contribution >= 0.6 is 0 Å². The van der Waals surface area contributed by atoms with E-state index in [0.717, 1.165) is 5.56 Å². The van der Waals surface area contributed by atoms with Gasteiger partial charge in [0.1, 0.15) is 6.61 Å². The number of anilines is 2. The number of ether oxygens (including phenoxy) is 2. The van der Waals surface area contributed by atoms with Crippen LogP contribution in [-0.4, -0.2) is 26.4 Å². The fourth-order valence-electron chi connectivity index (χ4n) is 3.25. The molecule has 0 saturated carbocycles. The van der Waals surface area contributed by atoms with E-state index in [9.17, 15) is 13.2 Å². The molecular weight excluding hydrogens is 466 g/mol. The summed E-state index contributed by atoms with van der Waals surface area (Å²) in [5.41, 5.74) is 1.99. The Kier molecular flexibility index (Phi) is 7.27. The number of hydrogen-bond acceptors (Lipinski definition) is 6. The van der Waals surface area contributed by atoms with Crippen LogP contribution in [-0.2, 0) is 16.6 Å². The SMILES string of the molecule is COc1ccc(NC(=O)c2cccc(NS(=O)(=O)c3ccccc3)c2)cc1OCc1ccncc1. The Bertz CT molecular complexity index is 1410. The van der Waals surface area contributed by atoms with E-state index in [2.05, 4.69) is 15.0 Å². The van der Waals surface area contributed by atoms with Gasteiger partial charge >= 0.3 is 0 Å². The maximum absolute atomic E-state index is 12.9. The highest BCUT2D eigenvalue weighted by molar-refractivity contribution is 7.92. The molecule has 0 aliphatic rings. The van der Waals surface area contributed by atoms with Crippen LogP contribution in [0.15, 0.2) is 102 Å². The number of nitrogens with one attached hydrogen (secondary N) is 2. The van der Waals surface area contributed by atoms with Crippen molar-refractivity contribution in [2.24, 2.45) is 0 Å². The van der Waals surface area contributed by atoms with Gasteiger partial charge in [0.05, 0.1) is 12.0 Å². The Morgan fingerprint density at radius 1 is 0.857 bits per heavy atom. The minimum absolute atomic E-state index is 0.132. The number of pyridine rings is 1. The van der Waals surface area contributed by atoms with E-state index in [1.54, 1.807) is 67.0 Å². The van der Waals surface area contributed by atoms with E-state index in [-0.39, 0.29) is 16.1 Å². The average molecular weight is 490 g/mol. The van der Waals surface area contributed by atoms with Gasteiger partial charge in [-0.2, -0.15) is 0 Å². The normalized spacial score (nSPS) is 10.9. The molecule has 0 radical (unpaired) electrons. The van der Waals surface area contributed by atoms with Gasteiger partial charge in [-0.1, -0.05) is 24.3 Å². The van der Waals surface area contributed by atoms with Crippen LogP contribution < -0.4 is 19.5 Å². The number of sulfonamides is 1. The molecule has 4 aromatic rings. The van der Waals surface area contributed by atoms with E-state index in [1.165, 1.54) is 25.3 Å². The minimum atomic E-state index is -3.77. The highest BCUT2D eigenvalue weighted by atomic mass is 32.2. The van der Waals surface area contributed by atoms with E-state index in [1.807, 2.05) is 12.1 Å². The van der Waals surface area contributed by atoms with Gasteiger partial charge in [-0.15, -0.1) is 0 Å². The second-order valence-corrected chi connectivity index (χ2v) is 9.15. The van der Waals surface area contributed by atoms with Crippen LogP contribution in [0.3, 0.4) is 0 Å². The lowest BCUT2D eigenvalue weighted by Gasteiger charge is -2.13. The lowest BCUT2D eigenvalue weighted by molar-refractivity contribution is 0.102. The van der Waals surface area contributed by atoms with E-state index in [0.29, 0.717) is 23.8 Å². The first-order chi connectivity index (χ1) is 16.9. The Labute approximate surface area is 203 Å². The van der Waals surface area contributed by atoms with E-state index in [4.69, 9.17) is 9.47 Å². The molecule has 0 bridgehead atoms. The van der Waals surface area contributed by atoms with Gasteiger partial charge in [0, 0.05) is 35.4 Å². The summed E-state index contributed by atoms with van der Waals surface area (Å²) in [7, 11) is -2.24. The van der Waals surface area contributed by atoms with Crippen LogP contribution in [0, 0.1) is 0 Å². The van der Waals surface area contributed by atoms with Crippen molar-refractivity contribution in [2.75, 3.05) is 17.1 Å². The van der Waals surface area contributed by atoms with Gasteiger partial charge in [-0.05, 0) is 60.2 Å². The van der Waals surface area contributed by atoms with Crippen molar-refractivity contribution < 1.29 is 22.7 Å². The number of aromatic nitrogens is 1. The highest BCUT2D eigenvalue weighted by Crippen LogP contribution is 2.31. The van der Waals surface area contributed by atoms with Crippen LogP contribution in [0.4, 0.5) is 11.4 Å². The molecule has 178 valence electrons. The summed E-state index contributed by atoms with van der Waals surface area (Å²) in [4.78, 5) is 17.0. The predicted molar refractivity (Wildman–Crippen MR) is 133 cm³/mol. The zero-order valence-corrected chi connectivity index (χ0v) is 19.7.